The van der Waals surface area contributed by atoms with Crippen molar-refractivity contribution < 1.29 is 14.0 Å². The second kappa shape index (κ2) is 8.50. The van der Waals surface area contributed by atoms with Gasteiger partial charge in [0.25, 0.3) is 5.91 Å². The van der Waals surface area contributed by atoms with Crippen molar-refractivity contribution in [1.29, 1.82) is 0 Å². The minimum Gasteiger partial charge on any atom is -0.325 e. The highest BCUT2D eigenvalue weighted by Crippen LogP contribution is 2.27. The molecule has 0 spiro atoms. The largest absolute Gasteiger partial charge is 0.325 e. The third-order valence-electron chi connectivity index (χ3n) is 3.87. The fourth-order valence-electron chi connectivity index (χ4n) is 2.29. The molecule has 144 valence electrons. The predicted octanol–water partition coefficient (Wildman–Crippen LogP) is 4.21. The number of amides is 2. The van der Waals surface area contributed by atoms with E-state index in [4.69, 9.17) is 11.6 Å². The maximum absolute atomic E-state index is 12.9. The molecule has 0 fully saturated rings. The van der Waals surface area contributed by atoms with E-state index in [-0.39, 0.29) is 17.3 Å². The molecular formula is C20H23ClFN3O2. The molecule has 7 heteroatoms. The SMILES string of the molecule is Cc1cc(Cl)cc(C(=O)NNCc2ccc(F)cc2)c1NC(=O)C(C)(C)C. The summed E-state index contributed by atoms with van der Waals surface area (Å²) in [6, 6.07) is 9.11. The molecule has 5 nitrogen and oxygen atoms in total. The lowest BCUT2D eigenvalue weighted by atomic mass is 9.95. The van der Waals surface area contributed by atoms with Crippen molar-refractivity contribution in [2.45, 2.75) is 34.2 Å². The first-order chi connectivity index (χ1) is 12.6. The molecule has 0 saturated heterocycles. The molecule has 0 aliphatic carbocycles. The lowest BCUT2D eigenvalue weighted by molar-refractivity contribution is -0.123. The van der Waals surface area contributed by atoms with Gasteiger partial charge in [0, 0.05) is 17.0 Å². The van der Waals surface area contributed by atoms with Crippen LogP contribution in [0.3, 0.4) is 0 Å². The molecule has 0 bridgehead atoms. The van der Waals surface area contributed by atoms with Gasteiger partial charge in [0.15, 0.2) is 0 Å². The highest BCUT2D eigenvalue weighted by atomic mass is 35.5. The smallest absolute Gasteiger partial charge is 0.267 e. The molecule has 3 N–H and O–H groups in total. The minimum atomic E-state index is -0.610. The molecule has 0 saturated carbocycles. The molecule has 0 aliphatic heterocycles. The van der Waals surface area contributed by atoms with Crippen LogP contribution in [-0.2, 0) is 11.3 Å². The van der Waals surface area contributed by atoms with Gasteiger partial charge in [-0.05, 0) is 42.3 Å². The van der Waals surface area contributed by atoms with E-state index >= 15 is 0 Å². The Kier molecular flexibility index (Phi) is 6.57. The Morgan fingerprint density at radius 1 is 1.11 bits per heavy atom. The van der Waals surface area contributed by atoms with E-state index in [1.165, 1.54) is 18.2 Å². The standard InChI is InChI=1S/C20H23ClFN3O2/c1-12-9-14(21)10-16(17(12)24-19(27)20(2,3)4)18(26)25-23-11-13-5-7-15(22)8-6-13/h5-10,23H,11H2,1-4H3,(H,24,27)(H,25,26). The van der Waals surface area contributed by atoms with Gasteiger partial charge >= 0.3 is 0 Å². The summed E-state index contributed by atoms with van der Waals surface area (Å²) in [5, 5.41) is 3.21. The van der Waals surface area contributed by atoms with E-state index in [1.54, 1.807) is 45.9 Å². The Balaban J connectivity index is 2.14. The van der Waals surface area contributed by atoms with Crippen molar-refractivity contribution in [3.05, 3.63) is 63.9 Å². The van der Waals surface area contributed by atoms with Gasteiger partial charge in [-0.1, -0.05) is 44.5 Å². The summed E-state index contributed by atoms with van der Waals surface area (Å²) in [4.78, 5) is 25.0. The Hall–Kier alpha value is -2.44. The maximum Gasteiger partial charge on any atom is 0.267 e. The fourth-order valence-corrected chi connectivity index (χ4v) is 2.56. The number of hydrazine groups is 1. The molecule has 0 heterocycles. The van der Waals surface area contributed by atoms with Gasteiger partial charge in [-0.3, -0.25) is 15.0 Å². The number of hydrogen-bond donors (Lipinski definition) is 3. The monoisotopic (exact) mass is 391 g/mol. The quantitative estimate of drug-likeness (QED) is 0.669. The number of nitrogens with one attached hydrogen (secondary N) is 3. The van der Waals surface area contributed by atoms with E-state index in [2.05, 4.69) is 16.2 Å². The molecule has 0 aromatic heterocycles. The van der Waals surface area contributed by atoms with Crippen LogP contribution in [0, 0.1) is 18.2 Å². The zero-order valence-electron chi connectivity index (χ0n) is 15.7. The van der Waals surface area contributed by atoms with Crippen molar-refractivity contribution >= 4 is 29.1 Å². The Bertz CT molecular complexity index is 846. The van der Waals surface area contributed by atoms with Crippen LogP contribution in [-0.4, -0.2) is 11.8 Å². The van der Waals surface area contributed by atoms with Crippen LogP contribution in [0.1, 0.15) is 42.3 Å². The number of carbonyl (C=O) groups excluding carboxylic acids is 2. The van der Waals surface area contributed by atoms with E-state index in [1.807, 2.05) is 0 Å². The van der Waals surface area contributed by atoms with E-state index in [9.17, 15) is 14.0 Å². The molecule has 0 aliphatic rings. The summed E-state index contributed by atoms with van der Waals surface area (Å²) < 4.78 is 12.9. The summed E-state index contributed by atoms with van der Waals surface area (Å²) in [7, 11) is 0. The normalized spacial score (nSPS) is 11.2. The number of benzene rings is 2. The average molecular weight is 392 g/mol. The Morgan fingerprint density at radius 3 is 2.33 bits per heavy atom. The summed E-state index contributed by atoms with van der Waals surface area (Å²) >= 11 is 6.09. The molecule has 2 aromatic carbocycles. The van der Waals surface area contributed by atoms with Crippen molar-refractivity contribution in [1.82, 2.24) is 10.9 Å². The number of hydrogen-bond acceptors (Lipinski definition) is 3. The highest BCUT2D eigenvalue weighted by molar-refractivity contribution is 6.31. The Morgan fingerprint density at radius 2 is 1.74 bits per heavy atom. The van der Waals surface area contributed by atoms with Gasteiger partial charge in [0.05, 0.1) is 11.3 Å². The van der Waals surface area contributed by atoms with Crippen LogP contribution < -0.4 is 16.2 Å². The molecule has 27 heavy (non-hydrogen) atoms. The summed E-state index contributed by atoms with van der Waals surface area (Å²) in [5.41, 5.74) is 6.92. The van der Waals surface area contributed by atoms with Crippen molar-refractivity contribution in [2.75, 3.05) is 5.32 Å². The first-order valence-corrected chi connectivity index (χ1v) is 8.85. The van der Waals surface area contributed by atoms with E-state index in [0.717, 1.165) is 5.56 Å². The molecule has 2 amide bonds. The molecule has 2 aromatic rings. The first-order valence-electron chi connectivity index (χ1n) is 8.47. The van der Waals surface area contributed by atoms with E-state index in [0.29, 0.717) is 22.8 Å². The highest BCUT2D eigenvalue weighted by Gasteiger charge is 2.24. The van der Waals surface area contributed by atoms with Crippen LogP contribution >= 0.6 is 11.6 Å². The molecule has 0 radical (unpaired) electrons. The zero-order valence-corrected chi connectivity index (χ0v) is 16.5. The topological polar surface area (TPSA) is 70.2 Å². The second-order valence-electron chi connectivity index (χ2n) is 7.28. The summed E-state index contributed by atoms with van der Waals surface area (Å²) in [6.07, 6.45) is 0. The number of anilines is 1. The van der Waals surface area contributed by atoms with E-state index < -0.39 is 11.3 Å². The van der Waals surface area contributed by atoms with Crippen LogP contribution in [0.15, 0.2) is 36.4 Å². The summed E-state index contributed by atoms with van der Waals surface area (Å²) in [6.45, 7) is 7.45. The first kappa shape index (κ1) is 20.9. The van der Waals surface area contributed by atoms with Gasteiger partial charge in [0.1, 0.15) is 5.82 Å². The summed E-state index contributed by atoms with van der Waals surface area (Å²) in [5.74, 6) is -0.968. The van der Waals surface area contributed by atoms with Gasteiger partial charge in [-0.25, -0.2) is 9.82 Å². The predicted molar refractivity (Wildman–Crippen MR) is 105 cm³/mol. The van der Waals surface area contributed by atoms with Crippen molar-refractivity contribution in [3.8, 4) is 0 Å². The third-order valence-corrected chi connectivity index (χ3v) is 4.09. The number of rotatable bonds is 5. The van der Waals surface area contributed by atoms with Crippen LogP contribution in [0.2, 0.25) is 5.02 Å². The molecule has 0 atom stereocenters. The van der Waals surface area contributed by atoms with Crippen molar-refractivity contribution in [2.24, 2.45) is 5.41 Å². The van der Waals surface area contributed by atoms with Crippen LogP contribution in [0.25, 0.3) is 0 Å². The minimum absolute atomic E-state index is 0.207. The van der Waals surface area contributed by atoms with Gasteiger partial charge in [0.2, 0.25) is 5.91 Å². The fraction of sp³-hybridized carbons (Fsp3) is 0.300. The average Bonchev–Trinajstić information content (AvgIpc) is 2.57. The number of aryl methyl sites for hydroxylation is 1. The lowest BCUT2D eigenvalue weighted by Crippen LogP contribution is -2.38. The van der Waals surface area contributed by atoms with Gasteiger partial charge in [-0.15, -0.1) is 0 Å². The number of halogens is 2. The molecule has 2 rings (SSSR count). The van der Waals surface area contributed by atoms with Gasteiger partial charge in [-0.2, -0.15) is 0 Å². The van der Waals surface area contributed by atoms with Gasteiger partial charge < -0.3 is 5.32 Å². The third kappa shape index (κ3) is 5.77. The lowest BCUT2D eigenvalue weighted by Gasteiger charge is -2.21. The molecular weight excluding hydrogens is 369 g/mol. The Labute approximate surface area is 163 Å². The van der Waals surface area contributed by atoms with Crippen LogP contribution in [0.5, 0.6) is 0 Å². The zero-order chi connectivity index (χ0) is 20.2. The van der Waals surface area contributed by atoms with Crippen LogP contribution in [0.4, 0.5) is 10.1 Å². The maximum atomic E-state index is 12.9. The number of carbonyl (C=O) groups is 2. The second-order valence-corrected chi connectivity index (χ2v) is 7.72. The van der Waals surface area contributed by atoms with Crippen molar-refractivity contribution in [3.63, 3.8) is 0 Å². The molecule has 0 unspecified atom stereocenters.